The van der Waals surface area contributed by atoms with Crippen LogP contribution in [0.5, 0.6) is 0 Å². The zero-order chi connectivity index (χ0) is 23.1. The number of piperazine rings is 1. The van der Waals surface area contributed by atoms with E-state index in [9.17, 15) is 18.0 Å². The van der Waals surface area contributed by atoms with E-state index in [1.54, 1.807) is 20.8 Å². The number of sulfonamides is 1. The lowest BCUT2D eigenvalue weighted by atomic mass is 10.0. The van der Waals surface area contributed by atoms with Crippen LogP contribution in [0.2, 0.25) is 10.0 Å². The summed E-state index contributed by atoms with van der Waals surface area (Å²) in [6.07, 6.45) is 0. The van der Waals surface area contributed by atoms with Gasteiger partial charge in [-0.15, -0.1) is 0 Å². The lowest BCUT2D eigenvalue weighted by Gasteiger charge is -2.36. The molecule has 1 N–H and O–H groups in total. The third kappa shape index (κ3) is 4.59. The highest BCUT2D eigenvalue weighted by atomic mass is 35.5. The van der Waals surface area contributed by atoms with Gasteiger partial charge in [0.15, 0.2) is 11.6 Å². The molecule has 7 nitrogen and oxygen atoms in total. The normalized spacial score (nSPS) is 17.0. The highest BCUT2D eigenvalue weighted by Gasteiger charge is 2.33. The fourth-order valence-corrected chi connectivity index (χ4v) is 5.83. The SMILES string of the molecule is CC(=O)c1c(C)[nH]c(C(=O)C(C)N2CCN(S(=O)(=O)c3ccc(Cl)c(Cl)c3)CC2)c1C. The van der Waals surface area contributed by atoms with Crippen molar-refractivity contribution in [1.82, 2.24) is 14.2 Å². The molecule has 1 aromatic carbocycles. The van der Waals surface area contributed by atoms with E-state index in [1.807, 2.05) is 4.90 Å². The van der Waals surface area contributed by atoms with E-state index < -0.39 is 16.1 Å². The first-order chi connectivity index (χ1) is 14.4. The molecular formula is C21H25Cl2N3O4S. The van der Waals surface area contributed by atoms with Gasteiger partial charge in [0, 0.05) is 37.4 Å². The van der Waals surface area contributed by atoms with Crippen LogP contribution in [0.4, 0.5) is 0 Å². The monoisotopic (exact) mass is 485 g/mol. The fourth-order valence-electron chi connectivity index (χ4n) is 4.02. The summed E-state index contributed by atoms with van der Waals surface area (Å²) in [5.41, 5.74) is 2.31. The third-order valence-corrected chi connectivity index (χ3v) is 8.40. The zero-order valence-electron chi connectivity index (χ0n) is 17.8. The Labute approximate surface area is 192 Å². The molecule has 168 valence electrons. The molecule has 0 aliphatic carbocycles. The first-order valence-corrected chi connectivity index (χ1v) is 12.1. The van der Waals surface area contributed by atoms with Crippen LogP contribution >= 0.6 is 23.2 Å². The molecule has 31 heavy (non-hydrogen) atoms. The number of hydrogen-bond acceptors (Lipinski definition) is 5. The number of rotatable bonds is 6. The number of nitrogens with zero attached hydrogens (tertiary/aromatic N) is 2. The summed E-state index contributed by atoms with van der Waals surface area (Å²) in [5, 5.41) is 0.475. The Morgan fingerprint density at radius 1 is 1.06 bits per heavy atom. The number of carbonyl (C=O) groups is 2. The van der Waals surface area contributed by atoms with E-state index in [-0.39, 0.29) is 34.6 Å². The first-order valence-electron chi connectivity index (χ1n) is 9.88. The van der Waals surface area contributed by atoms with Crippen molar-refractivity contribution in [2.75, 3.05) is 26.2 Å². The van der Waals surface area contributed by atoms with Crippen LogP contribution < -0.4 is 0 Å². The Morgan fingerprint density at radius 3 is 2.19 bits per heavy atom. The van der Waals surface area contributed by atoms with Gasteiger partial charge >= 0.3 is 0 Å². The molecule has 1 unspecified atom stereocenters. The fraction of sp³-hybridized carbons (Fsp3) is 0.429. The molecule has 0 bridgehead atoms. The van der Waals surface area contributed by atoms with Gasteiger partial charge in [-0.05, 0) is 51.5 Å². The highest BCUT2D eigenvalue weighted by molar-refractivity contribution is 7.89. The number of aromatic amines is 1. The van der Waals surface area contributed by atoms with Crippen LogP contribution in [-0.2, 0) is 10.0 Å². The van der Waals surface area contributed by atoms with Crippen molar-refractivity contribution in [2.24, 2.45) is 0 Å². The van der Waals surface area contributed by atoms with E-state index in [4.69, 9.17) is 23.2 Å². The van der Waals surface area contributed by atoms with E-state index >= 15 is 0 Å². The Morgan fingerprint density at radius 2 is 1.68 bits per heavy atom. The molecule has 1 aliphatic rings. The van der Waals surface area contributed by atoms with Crippen molar-refractivity contribution in [3.8, 4) is 0 Å². The minimum atomic E-state index is -3.71. The van der Waals surface area contributed by atoms with Gasteiger partial charge in [0.05, 0.1) is 26.7 Å². The number of halogens is 2. The van der Waals surface area contributed by atoms with Crippen LogP contribution in [0.25, 0.3) is 0 Å². The van der Waals surface area contributed by atoms with E-state index in [0.29, 0.717) is 40.6 Å². The summed E-state index contributed by atoms with van der Waals surface area (Å²) >= 11 is 11.9. The summed E-state index contributed by atoms with van der Waals surface area (Å²) in [7, 11) is -3.71. The molecular weight excluding hydrogens is 461 g/mol. The van der Waals surface area contributed by atoms with Gasteiger partial charge in [-0.2, -0.15) is 4.31 Å². The molecule has 10 heteroatoms. The second-order valence-corrected chi connectivity index (χ2v) is 10.5. The topological polar surface area (TPSA) is 90.6 Å². The minimum Gasteiger partial charge on any atom is -0.355 e. The smallest absolute Gasteiger partial charge is 0.243 e. The number of aromatic nitrogens is 1. The van der Waals surface area contributed by atoms with Crippen LogP contribution in [0.3, 0.4) is 0 Å². The quantitative estimate of drug-likeness (QED) is 0.629. The number of benzene rings is 1. The van der Waals surface area contributed by atoms with Crippen LogP contribution in [-0.4, -0.2) is 66.4 Å². The zero-order valence-corrected chi connectivity index (χ0v) is 20.2. The van der Waals surface area contributed by atoms with Gasteiger partial charge in [0.25, 0.3) is 0 Å². The highest BCUT2D eigenvalue weighted by Crippen LogP contribution is 2.27. The van der Waals surface area contributed by atoms with Crippen LogP contribution in [0, 0.1) is 13.8 Å². The third-order valence-electron chi connectivity index (χ3n) is 5.77. The van der Waals surface area contributed by atoms with E-state index in [0.717, 1.165) is 0 Å². The number of Topliss-reactive ketones (excluding diaryl/α,β-unsaturated/α-hetero) is 2. The number of carbonyl (C=O) groups excluding carboxylic acids is 2. The van der Waals surface area contributed by atoms with Gasteiger partial charge in [-0.1, -0.05) is 23.2 Å². The number of nitrogens with one attached hydrogen (secondary N) is 1. The Hall–Kier alpha value is -1.71. The van der Waals surface area contributed by atoms with Crippen molar-refractivity contribution in [3.63, 3.8) is 0 Å². The molecule has 2 heterocycles. The average Bonchev–Trinajstić information content (AvgIpc) is 3.03. The number of aryl methyl sites for hydroxylation is 1. The molecule has 1 aliphatic heterocycles. The second kappa shape index (κ2) is 9.03. The van der Waals surface area contributed by atoms with Gasteiger partial charge in [0.1, 0.15) is 0 Å². The molecule has 1 aromatic heterocycles. The maximum Gasteiger partial charge on any atom is 0.243 e. The minimum absolute atomic E-state index is 0.0842. The average molecular weight is 486 g/mol. The first kappa shape index (κ1) is 23.9. The number of ketones is 2. The number of H-pyrrole nitrogens is 1. The molecule has 0 spiro atoms. The summed E-state index contributed by atoms with van der Waals surface area (Å²) < 4.78 is 27.3. The molecule has 0 radical (unpaired) electrons. The molecule has 2 aromatic rings. The summed E-state index contributed by atoms with van der Waals surface area (Å²) in [6.45, 7) is 8.14. The second-order valence-electron chi connectivity index (χ2n) is 7.74. The van der Waals surface area contributed by atoms with Crippen molar-refractivity contribution in [1.29, 1.82) is 0 Å². The van der Waals surface area contributed by atoms with Crippen molar-refractivity contribution < 1.29 is 18.0 Å². The lowest BCUT2D eigenvalue weighted by Crippen LogP contribution is -2.53. The van der Waals surface area contributed by atoms with Crippen molar-refractivity contribution in [2.45, 2.75) is 38.6 Å². The van der Waals surface area contributed by atoms with E-state index in [1.165, 1.54) is 29.4 Å². The maximum absolute atomic E-state index is 13.1. The molecule has 1 saturated heterocycles. The standard InChI is InChI=1S/C21H25Cl2N3O4S/c1-12-19(15(4)27)13(2)24-20(12)21(28)14(3)25-7-9-26(10-8-25)31(29,30)16-5-6-17(22)18(23)11-16/h5-6,11,14,24H,7-10H2,1-4H3. The van der Waals surface area contributed by atoms with Crippen molar-refractivity contribution in [3.05, 3.63) is 50.8 Å². The van der Waals surface area contributed by atoms with Crippen LogP contribution in [0.15, 0.2) is 23.1 Å². The Balaban J connectivity index is 1.72. The molecule has 3 rings (SSSR count). The predicted octanol–water partition coefficient (Wildman–Crippen LogP) is 3.72. The largest absolute Gasteiger partial charge is 0.355 e. The maximum atomic E-state index is 13.1. The molecule has 0 amide bonds. The molecule has 1 fully saturated rings. The van der Waals surface area contributed by atoms with Gasteiger partial charge < -0.3 is 4.98 Å². The summed E-state index contributed by atoms with van der Waals surface area (Å²) in [4.78, 5) is 30.0. The summed E-state index contributed by atoms with van der Waals surface area (Å²) in [6, 6.07) is 3.79. The Kier molecular flexibility index (Phi) is 6.98. The van der Waals surface area contributed by atoms with Gasteiger partial charge in [-0.25, -0.2) is 8.42 Å². The lowest BCUT2D eigenvalue weighted by molar-refractivity contribution is 0.0777. The molecule has 0 saturated carbocycles. The number of hydrogen-bond donors (Lipinski definition) is 1. The molecule has 1 atom stereocenters. The van der Waals surface area contributed by atoms with Crippen molar-refractivity contribution >= 4 is 44.8 Å². The Bertz CT molecular complexity index is 1140. The van der Waals surface area contributed by atoms with Gasteiger partial charge in [0.2, 0.25) is 10.0 Å². The van der Waals surface area contributed by atoms with E-state index in [2.05, 4.69) is 4.98 Å². The summed E-state index contributed by atoms with van der Waals surface area (Å²) in [5.74, 6) is -0.201. The predicted molar refractivity (Wildman–Crippen MR) is 121 cm³/mol. The van der Waals surface area contributed by atoms with Gasteiger partial charge in [-0.3, -0.25) is 14.5 Å². The van der Waals surface area contributed by atoms with Crippen LogP contribution in [0.1, 0.15) is 46.0 Å².